The number of aliphatic carboxylic acids is 1. The fourth-order valence-corrected chi connectivity index (χ4v) is 2.28. The van der Waals surface area contributed by atoms with Crippen molar-refractivity contribution in [2.45, 2.75) is 26.3 Å². The lowest BCUT2D eigenvalue weighted by Gasteiger charge is -2.28. The number of carboxylic acid groups (broad SMARTS) is 1. The van der Waals surface area contributed by atoms with Crippen LogP contribution in [-0.4, -0.2) is 52.6 Å². The number of carbonyl (C=O) groups excluding carboxylic acids is 1. The van der Waals surface area contributed by atoms with E-state index in [1.807, 2.05) is 6.92 Å². The van der Waals surface area contributed by atoms with Gasteiger partial charge in [-0.05, 0) is 19.3 Å². The molecule has 0 aromatic rings. The Bertz CT molecular complexity index is 317. The molecular weight excluding hydrogens is 220 g/mol. The lowest BCUT2D eigenvalue weighted by Crippen LogP contribution is -2.46. The summed E-state index contributed by atoms with van der Waals surface area (Å²) >= 11 is 0. The summed E-state index contributed by atoms with van der Waals surface area (Å²) in [4.78, 5) is 25.9. The van der Waals surface area contributed by atoms with Crippen LogP contribution in [0.3, 0.4) is 0 Å². The number of likely N-dealkylation sites (tertiary alicyclic amines) is 1. The third-order valence-electron chi connectivity index (χ3n) is 2.98. The van der Waals surface area contributed by atoms with Crippen LogP contribution < -0.4 is 0 Å². The van der Waals surface area contributed by atoms with E-state index in [0.717, 1.165) is 6.42 Å². The minimum absolute atomic E-state index is 0.179. The lowest BCUT2D eigenvalue weighted by atomic mass is 10.1. The first-order valence-corrected chi connectivity index (χ1v) is 5.84. The molecule has 2 atom stereocenters. The van der Waals surface area contributed by atoms with E-state index in [2.05, 4.69) is 13.5 Å². The average molecular weight is 240 g/mol. The number of amides is 2. The summed E-state index contributed by atoms with van der Waals surface area (Å²) in [5.74, 6) is -0.524. The quantitative estimate of drug-likeness (QED) is 0.756. The molecule has 1 rings (SSSR count). The number of hydrogen-bond acceptors (Lipinski definition) is 2. The first kappa shape index (κ1) is 13.5. The lowest BCUT2D eigenvalue weighted by molar-refractivity contribution is -0.137. The Morgan fingerprint density at radius 2 is 2.18 bits per heavy atom. The molecule has 1 saturated heterocycles. The zero-order chi connectivity index (χ0) is 13.0. The number of carbonyl (C=O) groups is 2. The van der Waals surface area contributed by atoms with Gasteiger partial charge in [0.2, 0.25) is 0 Å². The molecule has 0 aliphatic carbocycles. The molecule has 0 bridgehead atoms. The molecule has 1 heterocycles. The monoisotopic (exact) mass is 240 g/mol. The summed E-state index contributed by atoms with van der Waals surface area (Å²) in [6.07, 6.45) is 2.52. The van der Waals surface area contributed by atoms with Crippen molar-refractivity contribution in [3.05, 3.63) is 12.7 Å². The van der Waals surface area contributed by atoms with Crippen molar-refractivity contribution in [3.8, 4) is 0 Å². The van der Waals surface area contributed by atoms with Crippen LogP contribution in [0.4, 0.5) is 4.79 Å². The molecule has 17 heavy (non-hydrogen) atoms. The maximum absolute atomic E-state index is 12.2. The van der Waals surface area contributed by atoms with Crippen molar-refractivity contribution >= 4 is 12.0 Å². The second-order valence-electron chi connectivity index (χ2n) is 4.69. The Labute approximate surface area is 102 Å². The number of carboxylic acids is 1. The fraction of sp³-hybridized carbons (Fsp3) is 0.667. The summed E-state index contributed by atoms with van der Waals surface area (Å²) in [6.45, 7) is 8.33. The molecule has 2 unspecified atom stereocenters. The number of hydrogen-bond donors (Lipinski definition) is 1. The van der Waals surface area contributed by atoms with Crippen LogP contribution in [0, 0.1) is 5.92 Å². The smallest absolute Gasteiger partial charge is 0.323 e. The van der Waals surface area contributed by atoms with Gasteiger partial charge < -0.3 is 14.9 Å². The standard InChI is InChI=1S/C12H20N2O3/c1-4-5-13(8-11(15)16)12(17)14-7-9(2)6-10(14)3/h4,9-10H,1,5-8H2,2-3H3,(H,15,16). The molecule has 0 spiro atoms. The number of nitrogens with zero attached hydrogens (tertiary/aromatic N) is 2. The highest BCUT2D eigenvalue weighted by atomic mass is 16.4. The maximum Gasteiger partial charge on any atom is 0.323 e. The van der Waals surface area contributed by atoms with E-state index in [4.69, 9.17) is 5.11 Å². The van der Waals surface area contributed by atoms with Gasteiger partial charge in [0.25, 0.3) is 0 Å². The minimum Gasteiger partial charge on any atom is -0.480 e. The highest BCUT2D eigenvalue weighted by Crippen LogP contribution is 2.23. The molecule has 0 aromatic carbocycles. The molecule has 5 nitrogen and oxygen atoms in total. The molecule has 0 radical (unpaired) electrons. The van der Waals surface area contributed by atoms with E-state index in [0.29, 0.717) is 12.5 Å². The fourth-order valence-electron chi connectivity index (χ4n) is 2.28. The molecule has 1 aliphatic rings. The Morgan fingerprint density at radius 1 is 1.53 bits per heavy atom. The van der Waals surface area contributed by atoms with E-state index in [9.17, 15) is 9.59 Å². The van der Waals surface area contributed by atoms with E-state index < -0.39 is 5.97 Å². The zero-order valence-corrected chi connectivity index (χ0v) is 10.4. The molecule has 0 saturated carbocycles. The van der Waals surface area contributed by atoms with Crippen LogP contribution in [0.2, 0.25) is 0 Å². The molecule has 96 valence electrons. The Kier molecular flexibility index (Phi) is 4.54. The van der Waals surface area contributed by atoms with Gasteiger partial charge in [-0.2, -0.15) is 0 Å². The van der Waals surface area contributed by atoms with Crippen molar-refractivity contribution in [1.29, 1.82) is 0 Å². The maximum atomic E-state index is 12.2. The van der Waals surface area contributed by atoms with Crippen LogP contribution >= 0.6 is 0 Å². The summed E-state index contributed by atoms with van der Waals surface area (Å²) in [5.41, 5.74) is 0. The first-order valence-electron chi connectivity index (χ1n) is 5.84. The highest BCUT2D eigenvalue weighted by Gasteiger charge is 2.32. The predicted octanol–water partition coefficient (Wildman–Crippen LogP) is 1.41. The summed E-state index contributed by atoms with van der Waals surface area (Å²) in [5, 5.41) is 8.77. The van der Waals surface area contributed by atoms with Gasteiger partial charge >= 0.3 is 12.0 Å². The van der Waals surface area contributed by atoms with Crippen molar-refractivity contribution < 1.29 is 14.7 Å². The van der Waals surface area contributed by atoms with E-state index in [-0.39, 0.29) is 25.2 Å². The molecule has 2 amide bonds. The van der Waals surface area contributed by atoms with E-state index in [1.54, 1.807) is 11.0 Å². The van der Waals surface area contributed by atoms with Gasteiger partial charge in [0.1, 0.15) is 6.54 Å². The summed E-state index contributed by atoms with van der Waals surface area (Å²) < 4.78 is 0. The molecular formula is C12H20N2O3. The number of urea groups is 1. The summed E-state index contributed by atoms with van der Waals surface area (Å²) in [6, 6.07) is -0.0252. The third kappa shape index (κ3) is 3.47. The van der Waals surface area contributed by atoms with Gasteiger partial charge in [0.15, 0.2) is 0 Å². The van der Waals surface area contributed by atoms with Crippen LogP contribution in [0.1, 0.15) is 20.3 Å². The van der Waals surface area contributed by atoms with E-state index in [1.165, 1.54) is 4.90 Å². The Morgan fingerprint density at radius 3 is 2.59 bits per heavy atom. The average Bonchev–Trinajstić information content (AvgIpc) is 2.55. The first-order chi connectivity index (χ1) is 7.95. The van der Waals surface area contributed by atoms with Crippen molar-refractivity contribution in [2.24, 2.45) is 5.92 Å². The van der Waals surface area contributed by atoms with Gasteiger partial charge in [-0.15, -0.1) is 6.58 Å². The van der Waals surface area contributed by atoms with Gasteiger partial charge in [0.05, 0.1) is 0 Å². The second kappa shape index (κ2) is 5.70. The third-order valence-corrected chi connectivity index (χ3v) is 2.98. The molecule has 1 fully saturated rings. The molecule has 5 heteroatoms. The Balaban J connectivity index is 2.70. The minimum atomic E-state index is -1.000. The second-order valence-corrected chi connectivity index (χ2v) is 4.69. The summed E-state index contributed by atoms with van der Waals surface area (Å²) in [7, 11) is 0. The topological polar surface area (TPSA) is 60.9 Å². The molecule has 0 aromatic heterocycles. The van der Waals surface area contributed by atoms with Crippen LogP contribution in [-0.2, 0) is 4.79 Å². The normalized spacial score (nSPS) is 23.5. The SMILES string of the molecule is C=CCN(CC(=O)O)C(=O)N1CC(C)CC1C. The van der Waals surface area contributed by atoms with Crippen LogP contribution in [0.15, 0.2) is 12.7 Å². The predicted molar refractivity (Wildman–Crippen MR) is 64.8 cm³/mol. The van der Waals surface area contributed by atoms with Crippen LogP contribution in [0.25, 0.3) is 0 Å². The highest BCUT2D eigenvalue weighted by molar-refractivity contribution is 5.80. The van der Waals surface area contributed by atoms with Gasteiger partial charge in [-0.25, -0.2) is 4.79 Å². The van der Waals surface area contributed by atoms with Crippen molar-refractivity contribution in [1.82, 2.24) is 9.80 Å². The zero-order valence-electron chi connectivity index (χ0n) is 10.4. The number of rotatable bonds is 4. The van der Waals surface area contributed by atoms with Gasteiger partial charge in [0, 0.05) is 19.1 Å². The van der Waals surface area contributed by atoms with Crippen LogP contribution in [0.5, 0.6) is 0 Å². The van der Waals surface area contributed by atoms with Crippen molar-refractivity contribution in [2.75, 3.05) is 19.6 Å². The largest absolute Gasteiger partial charge is 0.480 e. The van der Waals surface area contributed by atoms with Gasteiger partial charge in [-0.1, -0.05) is 13.0 Å². The Hall–Kier alpha value is -1.52. The molecule has 1 N–H and O–H groups in total. The van der Waals surface area contributed by atoms with E-state index >= 15 is 0 Å². The van der Waals surface area contributed by atoms with Crippen molar-refractivity contribution in [3.63, 3.8) is 0 Å². The molecule has 1 aliphatic heterocycles. The van der Waals surface area contributed by atoms with Gasteiger partial charge in [-0.3, -0.25) is 4.79 Å².